The van der Waals surface area contributed by atoms with E-state index in [0.29, 0.717) is 18.5 Å². The number of carbonyl (C=O) groups excluding carboxylic acids is 2. The summed E-state index contributed by atoms with van der Waals surface area (Å²) in [4.78, 5) is 23.6. The molecule has 1 aromatic rings. The third-order valence-corrected chi connectivity index (χ3v) is 4.36. The molecule has 0 bridgehead atoms. The summed E-state index contributed by atoms with van der Waals surface area (Å²) in [6.45, 7) is 4.87. The van der Waals surface area contributed by atoms with Gasteiger partial charge in [-0.2, -0.15) is 0 Å². The van der Waals surface area contributed by atoms with Crippen molar-refractivity contribution >= 4 is 17.5 Å². The zero-order valence-electron chi connectivity index (χ0n) is 12.3. The number of hydrogen-bond donors (Lipinski definition) is 3. The topological polar surface area (TPSA) is 70.2 Å². The first kappa shape index (κ1) is 14.1. The third kappa shape index (κ3) is 3.08. The summed E-state index contributed by atoms with van der Waals surface area (Å²) in [6, 6.07) is 5.40. The largest absolute Gasteiger partial charge is 0.351 e. The van der Waals surface area contributed by atoms with Crippen LogP contribution in [0, 0.1) is 5.41 Å². The Morgan fingerprint density at radius 2 is 2.29 bits per heavy atom. The highest BCUT2D eigenvalue weighted by Crippen LogP contribution is 2.26. The van der Waals surface area contributed by atoms with E-state index in [1.807, 2.05) is 6.07 Å². The molecule has 1 saturated heterocycles. The van der Waals surface area contributed by atoms with Crippen molar-refractivity contribution in [1.29, 1.82) is 0 Å². The van der Waals surface area contributed by atoms with Crippen molar-refractivity contribution in [3.8, 4) is 0 Å². The summed E-state index contributed by atoms with van der Waals surface area (Å²) in [7, 11) is 0. The van der Waals surface area contributed by atoms with Crippen molar-refractivity contribution in [2.24, 2.45) is 5.41 Å². The number of rotatable bonds is 3. The number of amides is 2. The lowest BCUT2D eigenvalue weighted by molar-refractivity contribution is -0.115. The van der Waals surface area contributed by atoms with Crippen molar-refractivity contribution in [2.45, 2.75) is 26.2 Å². The van der Waals surface area contributed by atoms with Gasteiger partial charge in [-0.3, -0.25) is 9.59 Å². The van der Waals surface area contributed by atoms with Gasteiger partial charge in [0.15, 0.2) is 0 Å². The highest BCUT2D eigenvalue weighted by molar-refractivity contribution is 6.02. The molecule has 21 heavy (non-hydrogen) atoms. The third-order valence-electron chi connectivity index (χ3n) is 4.36. The molecule has 1 aromatic carbocycles. The minimum atomic E-state index is -0.0780. The Morgan fingerprint density at radius 3 is 3.05 bits per heavy atom. The number of piperidine rings is 1. The van der Waals surface area contributed by atoms with E-state index in [-0.39, 0.29) is 17.2 Å². The Kier molecular flexibility index (Phi) is 3.68. The first-order valence-corrected chi connectivity index (χ1v) is 7.47. The van der Waals surface area contributed by atoms with Crippen molar-refractivity contribution in [3.63, 3.8) is 0 Å². The molecule has 2 amide bonds. The first-order valence-electron chi connectivity index (χ1n) is 7.47. The van der Waals surface area contributed by atoms with Gasteiger partial charge in [0.1, 0.15) is 0 Å². The van der Waals surface area contributed by atoms with Gasteiger partial charge in [0, 0.05) is 24.3 Å². The van der Waals surface area contributed by atoms with Crippen LogP contribution in [0.3, 0.4) is 0 Å². The van der Waals surface area contributed by atoms with Crippen LogP contribution in [0.5, 0.6) is 0 Å². The van der Waals surface area contributed by atoms with E-state index in [9.17, 15) is 9.59 Å². The molecule has 1 unspecified atom stereocenters. The molecule has 112 valence electrons. The fourth-order valence-electron chi connectivity index (χ4n) is 3.02. The van der Waals surface area contributed by atoms with Crippen LogP contribution in [0.15, 0.2) is 18.2 Å². The lowest BCUT2D eigenvalue weighted by atomic mass is 9.83. The van der Waals surface area contributed by atoms with Gasteiger partial charge in [0.05, 0.1) is 6.42 Å². The van der Waals surface area contributed by atoms with Gasteiger partial charge in [-0.1, -0.05) is 13.0 Å². The Morgan fingerprint density at radius 1 is 1.43 bits per heavy atom. The number of carbonyl (C=O) groups is 2. The molecule has 0 saturated carbocycles. The van der Waals surface area contributed by atoms with Gasteiger partial charge in [-0.05, 0) is 42.5 Å². The molecule has 2 aliphatic rings. The zero-order chi connectivity index (χ0) is 14.9. The smallest absolute Gasteiger partial charge is 0.251 e. The van der Waals surface area contributed by atoms with Gasteiger partial charge in [-0.25, -0.2) is 0 Å². The quantitative estimate of drug-likeness (QED) is 0.785. The fraction of sp³-hybridized carbons (Fsp3) is 0.500. The molecule has 0 aromatic heterocycles. The molecule has 2 aliphatic heterocycles. The second kappa shape index (κ2) is 5.48. The van der Waals surface area contributed by atoms with Crippen LogP contribution < -0.4 is 16.0 Å². The molecule has 0 aliphatic carbocycles. The molecule has 3 N–H and O–H groups in total. The van der Waals surface area contributed by atoms with Gasteiger partial charge < -0.3 is 16.0 Å². The number of benzene rings is 1. The van der Waals surface area contributed by atoms with Gasteiger partial charge in [-0.15, -0.1) is 0 Å². The van der Waals surface area contributed by atoms with E-state index in [1.165, 1.54) is 0 Å². The minimum Gasteiger partial charge on any atom is -0.351 e. The normalized spacial score (nSPS) is 24.3. The predicted octanol–water partition coefficient (Wildman–Crippen LogP) is 1.30. The maximum atomic E-state index is 12.3. The molecular formula is C16H21N3O2. The summed E-state index contributed by atoms with van der Waals surface area (Å²) < 4.78 is 0. The van der Waals surface area contributed by atoms with Gasteiger partial charge >= 0.3 is 0 Å². The van der Waals surface area contributed by atoms with Crippen LogP contribution >= 0.6 is 0 Å². The molecule has 1 atom stereocenters. The molecule has 1 fully saturated rings. The van der Waals surface area contributed by atoms with Crippen molar-refractivity contribution < 1.29 is 9.59 Å². The number of anilines is 1. The maximum Gasteiger partial charge on any atom is 0.251 e. The Balaban J connectivity index is 1.63. The summed E-state index contributed by atoms with van der Waals surface area (Å²) >= 11 is 0. The van der Waals surface area contributed by atoms with Crippen molar-refractivity contribution in [1.82, 2.24) is 10.6 Å². The lowest BCUT2D eigenvalue weighted by Gasteiger charge is -2.34. The Hall–Kier alpha value is -1.88. The van der Waals surface area contributed by atoms with Crippen LogP contribution in [-0.2, 0) is 11.2 Å². The molecule has 3 rings (SSSR count). The Labute approximate surface area is 124 Å². The van der Waals surface area contributed by atoms with Gasteiger partial charge in [0.25, 0.3) is 5.91 Å². The van der Waals surface area contributed by atoms with E-state index in [0.717, 1.165) is 37.2 Å². The van der Waals surface area contributed by atoms with E-state index < -0.39 is 0 Å². The molecule has 0 radical (unpaired) electrons. The molecule has 5 nitrogen and oxygen atoms in total. The Bertz CT molecular complexity index is 577. The van der Waals surface area contributed by atoms with Crippen LogP contribution in [-0.4, -0.2) is 31.4 Å². The SMILES string of the molecule is CC1(CNC(=O)c2ccc3c(c2)NC(=O)C3)CCCNC1. The van der Waals surface area contributed by atoms with Crippen LogP contribution in [0.4, 0.5) is 5.69 Å². The highest BCUT2D eigenvalue weighted by atomic mass is 16.2. The average molecular weight is 287 g/mol. The molecule has 2 heterocycles. The van der Waals surface area contributed by atoms with E-state index in [1.54, 1.807) is 12.1 Å². The summed E-state index contributed by atoms with van der Waals surface area (Å²) in [6.07, 6.45) is 2.68. The molecule has 5 heteroatoms. The summed E-state index contributed by atoms with van der Waals surface area (Å²) in [5, 5.41) is 9.18. The van der Waals surface area contributed by atoms with Crippen molar-refractivity contribution in [2.75, 3.05) is 25.0 Å². The van der Waals surface area contributed by atoms with Crippen molar-refractivity contribution in [3.05, 3.63) is 29.3 Å². The van der Waals surface area contributed by atoms with Crippen LogP contribution in [0.25, 0.3) is 0 Å². The van der Waals surface area contributed by atoms with E-state index in [2.05, 4.69) is 22.9 Å². The minimum absolute atomic E-state index is 0.0108. The van der Waals surface area contributed by atoms with Crippen LogP contribution in [0.2, 0.25) is 0 Å². The summed E-state index contributed by atoms with van der Waals surface area (Å²) in [5.74, 6) is -0.0888. The van der Waals surface area contributed by atoms with Crippen LogP contribution in [0.1, 0.15) is 35.7 Å². The maximum absolute atomic E-state index is 12.3. The molecular weight excluding hydrogens is 266 g/mol. The van der Waals surface area contributed by atoms with E-state index in [4.69, 9.17) is 0 Å². The predicted molar refractivity (Wildman–Crippen MR) is 81.3 cm³/mol. The monoisotopic (exact) mass is 287 g/mol. The second-order valence-corrected chi connectivity index (χ2v) is 6.37. The standard InChI is InChI=1S/C16H21N3O2/c1-16(5-2-6-17-9-16)10-18-15(21)12-4-3-11-8-14(20)19-13(11)7-12/h3-4,7,17H,2,5-6,8-10H2,1H3,(H,18,21)(H,19,20). The average Bonchev–Trinajstić information content (AvgIpc) is 2.84. The highest BCUT2D eigenvalue weighted by Gasteiger charge is 2.27. The first-order chi connectivity index (χ1) is 10.1. The zero-order valence-corrected chi connectivity index (χ0v) is 12.3. The van der Waals surface area contributed by atoms with Gasteiger partial charge in [0.2, 0.25) is 5.91 Å². The number of hydrogen-bond acceptors (Lipinski definition) is 3. The second-order valence-electron chi connectivity index (χ2n) is 6.37. The fourth-order valence-corrected chi connectivity index (χ4v) is 3.02. The number of fused-ring (bicyclic) bond motifs is 1. The number of nitrogens with one attached hydrogen (secondary N) is 3. The summed E-state index contributed by atoms with van der Waals surface area (Å²) in [5.41, 5.74) is 2.44. The van der Waals surface area contributed by atoms with E-state index >= 15 is 0 Å². The lowest BCUT2D eigenvalue weighted by Crippen LogP contribution is -2.45. The molecule has 0 spiro atoms.